The van der Waals surface area contributed by atoms with Gasteiger partial charge >= 0.3 is 0 Å². The molecule has 3 aromatic rings. The van der Waals surface area contributed by atoms with Crippen molar-refractivity contribution >= 4 is 45.9 Å². The summed E-state index contributed by atoms with van der Waals surface area (Å²) in [4.78, 5) is 28.4. The maximum absolute atomic E-state index is 12.4. The molecule has 1 aromatic heterocycles. The molecule has 2 amide bonds. The van der Waals surface area contributed by atoms with E-state index in [2.05, 4.69) is 23.6 Å². The Balaban J connectivity index is 1.69. The lowest BCUT2D eigenvalue weighted by Crippen LogP contribution is -2.15. The predicted octanol–water partition coefficient (Wildman–Crippen LogP) is 4.79. The number of aryl methyl sites for hydroxylation is 2. The van der Waals surface area contributed by atoms with Gasteiger partial charge in [0.05, 0.1) is 11.3 Å². The fraction of sp³-hybridized carbons (Fsp3) is 0.227. The number of hydrogen-bond acceptors (Lipinski definition) is 4. The Kier molecular flexibility index (Phi) is 6.31. The lowest BCUT2D eigenvalue weighted by Gasteiger charge is -2.11. The quantitative estimate of drug-likeness (QED) is 0.591. The van der Waals surface area contributed by atoms with Gasteiger partial charge in [0.15, 0.2) is 0 Å². The number of carbonyl (C=O) groups excluding carboxylic acids is 2. The molecule has 0 saturated carbocycles. The van der Waals surface area contributed by atoms with Gasteiger partial charge < -0.3 is 10.6 Å². The fourth-order valence-electron chi connectivity index (χ4n) is 2.88. The standard InChI is InChI=1S/C22H23N3O2S/c1-4-16-11-17-7-5-6-8-19(17)25-22(16)28-13-21(27)24-18-10-9-14(2)20(12-18)23-15(3)26/h5-12H,4,13H2,1-3H3,(H,23,26)(H,24,27). The van der Waals surface area contributed by atoms with Crippen LogP contribution in [0.5, 0.6) is 0 Å². The van der Waals surface area contributed by atoms with Crippen LogP contribution < -0.4 is 10.6 Å². The highest BCUT2D eigenvalue weighted by Crippen LogP contribution is 2.26. The molecule has 0 atom stereocenters. The number of aromatic nitrogens is 1. The summed E-state index contributed by atoms with van der Waals surface area (Å²) in [6, 6.07) is 15.6. The van der Waals surface area contributed by atoms with E-state index in [0.29, 0.717) is 11.4 Å². The van der Waals surface area contributed by atoms with E-state index in [1.54, 1.807) is 6.07 Å². The number of nitrogens with one attached hydrogen (secondary N) is 2. The Morgan fingerprint density at radius 3 is 2.61 bits per heavy atom. The Hall–Kier alpha value is -2.86. The van der Waals surface area contributed by atoms with Crippen molar-refractivity contribution in [2.24, 2.45) is 0 Å². The van der Waals surface area contributed by atoms with Gasteiger partial charge in [-0.3, -0.25) is 9.59 Å². The van der Waals surface area contributed by atoms with Crippen LogP contribution in [0, 0.1) is 6.92 Å². The number of rotatable bonds is 6. The first-order valence-corrected chi connectivity index (χ1v) is 10.1. The molecule has 6 heteroatoms. The lowest BCUT2D eigenvalue weighted by atomic mass is 10.1. The van der Waals surface area contributed by atoms with Crippen molar-refractivity contribution in [2.45, 2.75) is 32.2 Å². The van der Waals surface area contributed by atoms with Crippen LogP contribution in [-0.4, -0.2) is 22.6 Å². The molecule has 0 fully saturated rings. The third-order valence-corrected chi connectivity index (χ3v) is 5.35. The van der Waals surface area contributed by atoms with Crippen LogP contribution in [-0.2, 0) is 16.0 Å². The smallest absolute Gasteiger partial charge is 0.234 e. The maximum atomic E-state index is 12.4. The van der Waals surface area contributed by atoms with Crippen LogP contribution in [0.2, 0.25) is 0 Å². The summed E-state index contributed by atoms with van der Waals surface area (Å²) in [7, 11) is 0. The van der Waals surface area contributed by atoms with E-state index in [-0.39, 0.29) is 17.6 Å². The Morgan fingerprint density at radius 2 is 1.86 bits per heavy atom. The van der Waals surface area contributed by atoms with E-state index < -0.39 is 0 Å². The molecule has 28 heavy (non-hydrogen) atoms. The Morgan fingerprint density at radius 1 is 1.07 bits per heavy atom. The van der Waals surface area contributed by atoms with Crippen LogP contribution in [0.25, 0.3) is 10.9 Å². The largest absolute Gasteiger partial charge is 0.326 e. The number of anilines is 2. The van der Waals surface area contributed by atoms with Crippen molar-refractivity contribution in [3.63, 3.8) is 0 Å². The lowest BCUT2D eigenvalue weighted by molar-refractivity contribution is -0.114. The number of nitrogens with zero attached hydrogens (tertiary/aromatic N) is 1. The second-order valence-electron chi connectivity index (χ2n) is 6.55. The number of pyridine rings is 1. The summed E-state index contributed by atoms with van der Waals surface area (Å²) in [5.74, 6) is 0.0121. The van der Waals surface area contributed by atoms with Crippen molar-refractivity contribution in [1.29, 1.82) is 0 Å². The molecular weight excluding hydrogens is 370 g/mol. The van der Waals surface area contributed by atoms with Crippen LogP contribution in [0.1, 0.15) is 25.0 Å². The first kappa shape index (κ1) is 19.9. The third-order valence-electron chi connectivity index (χ3n) is 4.32. The molecule has 144 valence electrons. The van der Waals surface area contributed by atoms with Gasteiger partial charge in [-0.1, -0.05) is 43.0 Å². The van der Waals surface area contributed by atoms with Gasteiger partial charge in [-0.2, -0.15) is 0 Å². The molecule has 0 aliphatic rings. The minimum atomic E-state index is -0.142. The second-order valence-corrected chi connectivity index (χ2v) is 7.51. The molecule has 3 rings (SSSR count). The number of carbonyl (C=O) groups is 2. The number of hydrogen-bond donors (Lipinski definition) is 2. The van der Waals surface area contributed by atoms with Crippen LogP contribution in [0.15, 0.2) is 53.6 Å². The molecule has 0 radical (unpaired) electrons. The highest BCUT2D eigenvalue weighted by atomic mass is 32.2. The van der Waals surface area contributed by atoms with Crippen molar-refractivity contribution < 1.29 is 9.59 Å². The summed E-state index contributed by atoms with van der Waals surface area (Å²) < 4.78 is 0. The zero-order chi connectivity index (χ0) is 20.1. The molecule has 5 nitrogen and oxygen atoms in total. The number of thioether (sulfide) groups is 1. The van der Waals surface area contributed by atoms with E-state index in [1.807, 2.05) is 43.3 Å². The van der Waals surface area contributed by atoms with Gasteiger partial charge in [0.25, 0.3) is 0 Å². The normalized spacial score (nSPS) is 10.7. The Bertz CT molecular complexity index is 1030. The summed E-state index contributed by atoms with van der Waals surface area (Å²) in [6.45, 7) is 5.46. The highest BCUT2D eigenvalue weighted by molar-refractivity contribution is 8.00. The minimum absolute atomic E-state index is 0.111. The van der Waals surface area contributed by atoms with Crippen LogP contribution >= 0.6 is 11.8 Å². The van der Waals surface area contributed by atoms with Gasteiger partial charge in [-0.25, -0.2) is 4.98 Å². The number of amides is 2. The topological polar surface area (TPSA) is 71.1 Å². The van der Waals surface area contributed by atoms with E-state index in [9.17, 15) is 9.59 Å². The van der Waals surface area contributed by atoms with Gasteiger partial charge in [0.1, 0.15) is 5.03 Å². The van der Waals surface area contributed by atoms with E-state index in [0.717, 1.165) is 33.5 Å². The molecule has 1 heterocycles. The number of benzene rings is 2. The summed E-state index contributed by atoms with van der Waals surface area (Å²) in [5.41, 5.74) is 4.36. The van der Waals surface area contributed by atoms with Crippen molar-refractivity contribution in [3.8, 4) is 0 Å². The summed E-state index contributed by atoms with van der Waals surface area (Å²) in [6.07, 6.45) is 0.861. The molecule has 0 saturated heterocycles. The monoisotopic (exact) mass is 393 g/mol. The minimum Gasteiger partial charge on any atom is -0.326 e. The first-order chi connectivity index (χ1) is 13.5. The van der Waals surface area contributed by atoms with Gasteiger partial charge in [-0.15, -0.1) is 0 Å². The van der Waals surface area contributed by atoms with E-state index in [1.165, 1.54) is 18.7 Å². The van der Waals surface area contributed by atoms with E-state index >= 15 is 0 Å². The predicted molar refractivity (Wildman–Crippen MR) is 116 cm³/mol. The summed E-state index contributed by atoms with van der Waals surface area (Å²) in [5, 5.41) is 7.66. The van der Waals surface area contributed by atoms with Crippen molar-refractivity contribution in [1.82, 2.24) is 4.98 Å². The zero-order valence-corrected chi connectivity index (χ0v) is 17.0. The highest BCUT2D eigenvalue weighted by Gasteiger charge is 2.10. The first-order valence-electron chi connectivity index (χ1n) is 9.16. The maximum Gasteiger partial charge on any atom is 0.234 e. The molecule has 0 bridgehead atoms. The fourth-order valence-corrected chi connectivity index (χ4v) is 3.77. The van der Waals surface area contributed by atoms with Gasteiger partial charge in [0.2, 0.25) is 11.8 Å². The molecule has 2 N–H and O–H groups in total. The van der Waals surface area contributed by atoms with Crippen LogP contribution in [0.3, 0.4) is 0 Å². The van der Waals surface area contributed by atoms with Crippen LogP contribution in [0.4, 0.5) is 11.4 Å². The van der Waals surface area contributed by atoms with Gasteiger partial charge in [0, 0.05) is 23.7 Å². The molecule has 0 aliphatic heterocycles. The molecule has 0 aliphatic carbocycles. The second kappa shape index (κ2) is 8.89. The van der Waals surface area contributed by atoms with Gasteiger partial charge in [-0.05, 0) is 48.7 Å². The number of fused-ring (bicyclic) bond motifs is 1. The molecular formula is C22H23N3O2S. The summed E-state index contributed by atoms with van der Waals surface area (Å²) >= 11 is 1.44. The molecule has 2 aromatic carbocycles. The number of para-hydroxylation sites is 1. The zero-order valence-electron chi connectivity index (χ0n) is 16.2. The Labute approximate surface area is 168 Å². The molecule has 0 unspecified atom stereocenters. The van der Waals surface area contributed by atoms with Crippen molar-refractivity contribution in [2.75, 3.05) is 16.4 Å². The molecule has 0 spiro atoms. The average molecular weight is 394 g/mol. The van der Waals surface area contributed by atoms with Crippen molar-refractivity contribution in [3.05, 3.63) is 59.7 Å². The third kappa shape index (κ3) is 4.89. The van der Waals surface area contributed by atoms with E-state index in [4.69, 9.17) is 4.98 Å². The average Bonchev–Trinajstić information content (AvgIpc) is 2.67. The SMILES string of the molecule is CCc1cc2ccccc2nc1SCC(=O)Nc1ccc(C)c(NC(C)=O)c1.